The molecule has 0 atom stereocenters. The molecule has 0 aliphatic rings. The highest BCUT2D eigenvalue weighted by atomic mass is 79.9. The molecule has 0 aliphatic heterocycles. The van der Waals surface area contributed by atoms with Crippen molar-refractivity contribution in [3.05, 3.63) is 81.2 Å². The first-order chi connectivity index (χ1) is 16.3. The monoisotopic (exact) mass is 546 g/mol. The number of ether oxygens (including phenoxy) is 1. The largest absolute Gasteiger partial charge is 0.483 e. The molecule has 2 aromatic carbocycles. The van der Waals surface area contributed by atoms with E-state index in [4.69, 9.17) is 20.8 Å². The molecule has 0 fully saturated rings. The number of furan rings is 1. The molecule has 11 heteroatoms. The third-order valence-corrected chi connectivity index (χ3v) is 5.10. The number of carbonyl (C=O) groups is 3. The van der Waals surface area contributed by atoms with Crippen molar-refractivity contribution in [1.82, 2.24) is 10.7 Å². The number of hydrazone groups is 1. The fourth-order valence-corrected chi connectivity index (χ4v) is 3.38. The Morgan fingerprint density at radius 1 is 1.15 bits per heavy atom. The molecule has 0 unspecified atom stereocenters. The average Bonchev–Trinajstić information content (AvgIpc) is 3.32. The Hall–Kier alpha value is -3.63. The molecule has 0 aliphatic carbocycles. The van der Waals surface area contributed by atoms with Crippen molar-refractivity contribution in [1.29, 1.82) is 0 Å². The van der Waals surface area contributed by atoms with E-state index in [1.54, 1.807) is 36.4 Å². The van der Waals surface area contributed by atoms with Crippen molar-refractivity contribution in [3.8, 4) is 5.75 Å². The minimum Gasteiger partial charge on any atom is -0.483 e. The molecule has 0 radical (unpaired) electrons. The first-order valence-electron chi connectivity index (χ1n) is 9.94. The lowest BCUT2D eigenvalue weighted by Crippen LogP contribution is -2.37. The van der Waals surface area contributed by atoms with Gasteiger partial charge in [0.25, 0.3) is 5.91 Å². The summed E-state index contributed by atoms with van der Waals surface area (Å²) < 4.78 is 11.6. The van der Waals surface area contributed by atoms with E-state index in [0.29, 0.717) is 27.8 Å². The number of benzene rings is 2. The summed E-state index contributed by atoms with van der Waals surface area (Å²) in [5.74, 6) is -1.38. The van der Waals surface area contributed by atoms with Crippen molar-refractivity contribution in [3.63, 3.8) is 0 Å². The molecule has 9 nitrogen and oxygen atoms in total. The molecule has 3 aromatic rings. The first-order valence-corrected chi connectivity index (χ1v) is 11.1. The van der Waals surface area contributed by atoms with Gasteiger partial charge in [0, 0.05) is 20.7 Å². The number of nitrogens with one attached hydrogen (secondary N) is 3. The Morgan fingerprint density at radius 2 is 1.97 bits per heavy atom. The van der Waals surface area contributed by atoms with Gasteiger partial charge in [0.05, 0.1) is 19.0 Å². The molecule has 34 heavy (non-hydrogen) atoms. The van der Waals surface area contributed by atoms with Crippen LogP contribution in [0.5, 0.6) is 5.75 Å². The number of aryl methyl sites for hydroxylation is 1. The van der Waals surface area contributed by atoms with Crippen molar-refractivity contribution in [2.24, 2.45) is 5.10 Å². The van der Waals surface area contributed by atoms with Crippen molar-refractivity contribution in [2.75, 3.05) is 11.9 Å². The summed E-state index contributed by atoms with van der Waals surface area (Å²) in [5, 5.41) is 9.35. The predicted octanol–water partition coefficient (Wildman–Crippen LogP) is 3.79. The van der Waals surface area contributed by atoms with Gasteiger partial charge in [0.2, 0.25) is 0 Å². The quantitative estimate of drug-likeness (QED) is 0.225. The third-order valence-electron chi connectivity index (χ3n) is 4.37. The molecule has 0 bridgehead atoms. The number of amides is 3. The average molecular weight is 548 g/mol. The van der Waals surface area contributed by atoms with Crippen LogP contribution in [0.15, 0.2) is 68.8 Å². The van der Waals surface area contributed by atoms with E-state index in [1.165, 1.54) is 12.5 Å². The fourth-order valence-electron chi connectivity index (χ4n) is 2.72. The first kappa shape index (κ1) is 25.0. The van der Waals surface area contributed by atoms with Gasteiger partial charge in [-0.2, -0.15) is 5.10 Å². The highest BCUT2D eigenvalue weighted by Crippen LogP contribution is 2.22. The van der Waals surface area contributed by atoms with Crippen LogP contribution in [0.1, 0.15) is 16.9 Å². The summed E-state index contributed by atoms with van der Waals surface area (Å²) in [6.45, 7) is 1.68. The molecule has 0 saturated heterocycles. The highest BCUT2D eigenvalue weighted by Gasteiger charge is 2.13. The summed E-state index contributed by atoms with van der Waals surface area (Å²) >= 11 is 9.42. The smallest absolute Gasteiger partial charge is 0.329 e. The molecule has 3 rings (SSSR count). The summed E-state index contributed by atoms with van der Waals surface area (Å²) in [7, 11) is 0. The Kier molecular flexibility index (Phi) is 8.83. The Morgan fingerprint density at radius 3 is 2.71 bits per heavy atom. The van der Waals surface area contributed by atoms with Crippen LogP contribution in [0.25, 0.3) is 0 Å². The topological polar surface area (TPSA) is 122 Å². The van der Waals surface area contributed by atoms with E-state index < -0.39 is 11.8 Å². The highest BCUT2D eigenvalue weighted by molar-refractivity contribution is 9.10. The van der Waals surface area contributed by atoms with E-state index in [0.717, 1.165) is 10.0 Å². The Balaban J connectivity index is 1.55. The number of carbonyl (C=O) groups excluding carboxylic acids is 3. The summed E-state index contributed by atoms with van der Waals surface area (Å²) in [4.78, 5) is 36.1. The second-order valence-corrected chi connectivity index (χ2v) is 8.29. The zero-order valence-electron chi connectivity index (χ0n) is 17.9. The van der Waals surface area contributed by atoms with Crippen LogP contribution in [0.2, 0.25) is 5.02 Å². The molecule has 3 amide bonds. The van der Waals surface area contributed by atoms with Gasteiger partial charge in [-0.05, 0) is 61.0 Å². The summed E-state index contributed by atoms with van der Waals surface area (Å²) in [6.07, 6.45) is 2.72. The zero-order valence-corrected chi connectivity index (χ0v) is 20.3. The van der Waals surface area contributed by atoms with Gasteiger partial charge >= 0.3 is 11.8 Å². The van der Waals surface area contributed by atoms with Gasteiger partial charge in [0.1, 0.15) is 11.5 Å². The number of halogens is 2. The number of nitrogens with zero attached hydrogens (tertiary/aromatic N) is 1. The van der Waals surface area contributed by atoms with Gasteiger partial charge < -0.3 is 19.8 Å². The van der Waals surface area contributed by atoms with Gasteiger partial charge in [-0.3, -0.25) is 14.4 Å². The van der Waals surface area contributed by atoms with E-state index in [1.807, 2.05) is 19.1 Å². The molecular formula is C23H20BrClN4O5. The predicted molar refractivity (Wildman–Crippen MR) is 131 cm³/mol. The molecule has 176 valence electrons. The summed E-state index contributed by atoms with van der Waals surface area (Å²) in [5.41, 5.74) is 4.09. The van der Waals surface area contributed by atoms with Crippen LogP contribution < -0.4 is 20.8 Å². The minimum absolute atomic E-state index is 0.0666. The van der Waals surface area contributed by atoms with Crippen molar-refractivity contribution >= 4 is 57.2 Å². The maximum atomic E-state index is 12.3. The molecular weight excluding hydrogens is 528 g/mol. The number of hydrogen-bond acceptors (Lipinski definition) is 6. The molecule has 0 saturated carbocycles. The lowest BCUT2D eigenvalue weighted by Gasteiger charge is -2.11. The van der Waals surface area contributed by atoms with Gasteiger partial charge in [-0.25, -0.2) is 5.43 Å². The van der Waals surface area contributed by atoms with Crippen LogP contribution in [0.3, 0.4) is 0 Å². The zero-order chi connectivity index (χ0) is 24.5. The van der Waals surface area contributed by atoms with Crippen LogP contribution in [-0.2, 0) is 20.9 Å². The summed E-state index contributed by atoms with van der Waals surface area (Å²) in [6, 6.07) is 13.5. The van der Waals surface area contributed by atoms with E-state index >= 15 is 0 Å². The normalized spacial score (nSPS) is 10.7. The van der Waals surface area contributed by atoms with Gasteiger partial charge in [-0.15, -0.1) is 0 Å². The van der Waals surface area contributed by atoms with Gasteiger partial charge in [-0.1, -0.05) is 27.5 Å². The Labute approximate surface area is 208 Å². The van der Waals surface area contributed by atoms with Crippen LogP contribution in [0, 0.1) is 6.92 Å². The van der Waals surface area contributed by atoms with Crippen molar-refractivity contribution < 1.29 is 23.5 Å². The maximum Gasteiger partial charge on any atom is 0.329 e. The molecule has 1 heterocycles. The lowest BCUT2D eigenvalue weighted by molar-refractivity contribution is -0.139. The minimum atomic E-state index is -0.962. The second kappa shape index (κ2) is 12.0. The molecule has 1 aromatic heterocycles. The van der Waals surface area contributed by atoms with Gasteiger partial charge in [0.15, 0.2) is 6.61 Å². The Bertz CT molecular complexity index is 1210. The lowest BCUT2D eigenvalue weighted by atomic mass is 10.2. The van der Waals surface area contributed by atoms with E-state index in [9.17, 15) is 14.4 Å². The van der Waals surface area contributed by atoms with Crippen LogP contribution in [-0.4, -0.2) is 30.5 Å². The number of rotatable bonds is 8. The number of hydrogen-bond donors (Lipinski definition) is 3. The molecule has 0 spiro atoms. The number of anilines is 1. The second-order valence-electron chi connectivity index (χ2n) is 6.94. The van der Waals surface area contributed by atoms with Crippen LogP contribution in [0.4, 0.5) is 5.69 Å². The fraction of sp³-hybridized carbons (Fsp3) is 0.130. The maximum absolute atomic E-state index is 12.3. The standard InChI is InChI=1S/C23H20BrClN4O5/c1-14-9-16(24)4-6-19(14)28-21(30)13-34-20-7-5-17(25)10-15(20)11-27-29-23(32)22(31)26-12-18-3-2-8-33-18/h2-11H,12-13H2,1H3,(H,26,31)(H,28,30)(H,29,32)/b27-11-. The van der Waals surface area contributed by atoms with E-state index in [2.05, 4.69) is 37.1 Å². The van der Waals surface area contributed by atoms with Crippen LogP contribution >= 0.6 is 27.5 Å². The third kappa shape index (κ3) is 7.46. The SMILES string of the molecule is Cc1cc(Br)ccc1NC(=O)COc1ccc(Cl)cc1/C=N\NC(=O)C(=O)NCc1ccco1. The van der Waals surface area contributed by atoms with Crippen molar-refractivity contribution in [2.45, 2.75) is 13.5 Å². The van der Waals surface area contributed by atoms with E-state index in [-0.39, 0.29) is 19.1 Å². The molecule has 3 N–H and O–H groups in total.